The highest BCUT2D eigenvalue weighted by Crippen LogP contribution is 2.18. The van der Waals surface area contributed by atoms with Crippen molar-refractivity contribution in [2.75, 3.05) is 13.1 Å². The van der Waals surface area contributed by atoms with Gasteiger partial charge in [0.05, 0.1) is 6.54 Å². The van der Waals surface area contributed by atoms with Crippen molar-refractivity contribution in [3.8, 4) is 0 Å². The number of carboxylic acid groups (broad SMARTS) is 1. The molecule has 1 aliphatic rings. The predicted octanol–water partition coefficient (Wildman–Crippen LogP) is -0.299. The minimum atomic E-state index is -1.08. The number of ether oxygens (including phenoxy) is 1. The van der Waals surface area contributed by atoms with Gasteiger partial charge in [0, 0.05) is 6.54 Å². The number of nitrogens with zero attached hydrogens (tertiary/aromatic N) is 1. The van der Waals surface area contributed by atoms with E-state index in [1.807, 2.05) is 0 Å². The fraction of sp³-hybridized carbons (Fsp3) is 0.714. The lowest BCUT2D eigenvalue weighted by Crippen LogP contribution is -2.54. The minimum Gasteiger partial charge on any atom is -0.480 e. The van der Waals surface area contributed by atoms with Gasteiger partial charge in [-0.25, -0.2) is 9.59 Å². The van der Waals surface area contributed by atoms with Crippen LogP contribution in [0.5, 0.6) is 0 Å². The Morgan fingerprint density at radius 3 is 2.57 bits per heavy atom. The molecule has 0 bridgehead atoms. The summed E-state index contributed by atoms with van der Waals surface area (Å²) in [5.41, 5.74) is -0.689. The van der Waals surface area contributed by atoms with E-state index >= 15 is 0 Å². The summed E-state index contributed by atoms with van der Waals surface area (Å²) < 4.78 is 5.05. The van der Waals surface area contributed by atoms with Crippen molar-refractivity contribution in [3.05, 3.63) is 0 Å². The van der Waals surface area contributed by atoms with Gasteiger partial charge in [0.1, 0.15) is 17.7 Å². The molecule has 1 aliphatic heterocycles. The van der Waals surface area contributed by atoms with Crippen LogP contribution in [0.3, 0.4) is 0 Å². The van der Waals surface area contributed by atoms with Crippen LogP contribution in [0.2, 0.25) is 0 Å². The van der Waals surface area contributed by atoms with Crippen LogP contribution in [0.25, 0.3) is 0 Å². The van der Waals surface area contributed by atoms with Gasteiger partial charge in [0.15, 0.2) is 0 Å². The van der Waals surface area contributed by atoms with Crippen molar-refractivity contribution in [3.63, 3.8) is 0 Å². The van der Waals surface area contributed by atoms with Crippen molar-refractivity contribution < 1.29 is 29.0 Å². The summed E-state index contributed by atoms with van der Waals surface area (Å²) >= 11 is 0. The second-order valence-electron chi connectivity index (χ2n) is 6.25. The van der Waals surface area contributed by atoms with Gasteiger partial charge in [0.25, 0.3) is 0 Å². The maximum Gasteiger partial charge on any atom is 0.407 e. The normalized spacial score (nSPS) is 18.9. The third kappa shape index (κ3) is 5.76. The van der Waals surface area contributed by atoms with Gasteiger partial charge < -0.3 is 25.4 Å². The van der Waals surface area contributed by atoms with Gasteiger partial charge in [-0.2, -0.15) is 0 Å². The molecule has 3 N–H and O–H groups in total. The zero-order chi connectivity index (χ0) is 17.6. The van der Waals surface area contributed by atoms with E-state index in [0.29, 0.717) is 25.8 Å². The predicted molar refractivity (Wildman–Crippen MR) is 79.6 cm³/mol. The third-order valence-electron chi connectivity index (χ3n) is 3.24. The lowest BCUT2D eigenvalue weighted by molar-refractivity contribution is -0.149. The highest BCUT2D eigenvalue weighted by atomic mass is 16.6. The maximum absolute atomic E-state index is 12.4. The fourth-order valence-electron chi connectivity index (χ4n) is 2.29. The number of alkyl carbamates (subject to hydrolysis) is 1. The molecule has 2 atom stereocenters. The molecule has 1 fully saturated rings. The topological polar surface area (TPSA) is 125 Å². The summed E-state index contributed by atoms with van der Waals surface area (Å²) in [4.78, 5) is 47.0. The smallest absolute Gasteiger partial charge is 0.407 e. The highest BCUT2D eigenvalue weighted by Gasteiger charge is 2.37. The maximum atomic E-state index is 12.4. The molecule has 130 valence electrons. The molecule has 0 spiro atoms. The van der Waals surface area contributed by atoms with E-state index in [2.05, 4.69) is 10.6 Å². The van der Waals surface area contributed by atoms with Crippen LogP contribution in [0.4, 0.5) is 4.79 Å². The first kappa shape index (κ1) is 18.7. The molecule has 0 unspecified atom stereocenters. The number of aliphatic carboxylic acids is 1. The molecule has 0 radical (unpaired) electrons. The Labute approximate surface area is 134 Å². The van der Waals surface area contributed by atoms with E-state index in [0.717, 1.165) is 0 Å². The summed E-state index contributed by atoms with van der Waals surface area (Å²) in [5, 5.41) is 13.8. The largest absolute Gasteiger partial charge is 0.480 e. The summed E-state index contributed by atoms with van der Waals surface area (Å²) in [6, 6.07) is -1.94. The summed E-state index contributed by atoms with van der Waals surface area (Å²) in [6.45, 7) is 5.20. The Balaban J connectivity index is 2.66. The number of hydrogen-bond acceptors (Lipinski definition) is 5. The van der Waals surface area contributed by atoms with Gasteiger partial charge in [-0.3, -0.25) is 9.59 Å². The van der Waals surface area contributed by atoms with Crippen LogP contribution in [-0.4, -0.2) is 65.2 Å². The first-order valence-electron chi connectivity index (χ1n) is 7.35. The van der Waals surface area contributed by atoms with Gasteiger partial charge in [-0.05, 0) is 33.6 Å². The molecule has 1 rings (SSSR count). The zero-order valence-electron chi connectivity index (χ0n) is 13.5. The van der Waals surface area contributed by atoms with Crippen LogP contribution >= 0.6 is 0 Å². The lowest BCUT2D eigenvalue weighted by Gasteiger charge is -2.27. The summed E-state index contributed by atoms with van der Waals surface area (Å²) in [5.74, 6) is -1.63. The van der Waals surface area contributed by atoms with Gasteiger partial charge in [-0.15, -0.1) is 0 Å². The van der Waals surface area contributed by atoms with E-state index < -0.39 is 35.7 Å². The Morgan fingerprint density at radius 2 is 2.04 bits per heavy atom. The summed E-state index contributed by atoms with van der Waals surface area (Å²) in [7, 11) is 0. The number of amides is 3. The molecule has 1 saturated heterocycles. The molecule has 23 heavy (non-hydrogen) atoms. The zero-order valence-corrected chi connectivity index (χ0v) is 13.5. The van der Waals surface area contributed by atoms with Crippen molar-refractivity contribution in [1.29, 1.82) is 0 Å². The van der Waals surface area contributed by atoms with Gasteiger partial charge in [-0.1, -0.05) is 0 Å². The lowest BCUT2D eigenvalue weighted by atomic mass is 10.2. The molecule has 9 nitrogen and oxygen atoms in total. The van der Waals surface area contributed by atoms with Crippen molar-refractivity contribution >= 4 is 24.4 Å². The van der Waals surface area contributed by atoms with Crippen LogP contribution in [0.15, 0.2) is 0 Å². The van der Waals surface area contributed by atoms with Gasteiger partial charge in [0.2, 0.25) is 12.3 Å². The average molecular weight is 329 g/mol. The third-order valence-corrected chi connectivity index (χ3v) is 3.24. The number of rotatable bonds is 6. The molecular weight excluding hydrogens is 306 g/mol. The minimum absolute atomic E-state index is 0.185. The summed E-state index contributed by atoms with van der Waals surface area (Å²) in [6.07, 6.45) is 0.564. The molecule has 9 heteroatoms. The average Bonchev–Trinajstić information content (AvgIpc) is 2.90. The van der Waals surface area contributed by atoms with E-state index in [1.54, 1.807) is 20.8 Å². The first-order chi connectivity index (χ1) is 10.7. The van der Waals surface area contributed by atoms with Gasteiger partial charge >= 0.3 is 12.1 Å². The van der Waals surface area contributed by atoms with E-state index in [4.69, 9.17) is 9.84 Å². The molecule has 0 saturated carbocycles. The monoisotopic (exact) mass is 329 g/mol. The fourth-order valence-corrected chi connectivity index (χ4v) is 2.29. The van der Waals surface area contributed by atoms with E-state index in [-0.39, 0.29) is 6.54 Å². The number of likely N-dealkylation sites (tertiary alicyclic amines) is 1. The Bertz CT molecular complexity index is 474. The second kappa shape index (κ2) is 7.80. The molecule has 1 heterocycles. The molecule has 0 aromatic carbocycles. The number of carboxylic acids is 1. The number of hydrogen-bond donors (Lipinski definition) is 3. The van der Waals surface area contributed by atoms with Crippen LogP contribution in [0.1, 0.15) is 33.6 Å². The second-order valence-corrected chi connectivity index (χ2v) is 6.25. The number of carbonyl (C=O) groups is 4. The van der Waals surface area contributed by atoms with Crippen molar-refractivity contribution in [2.24, 2.45) is 0 Å². The Kier molecular flexibility index (Phi) is 6.35. The first-order valence-corrected chi connectivity index (χ1v) is 7.35. The van der Waals surface area contributed by atoms with Crippen LogP contribution < -0.4 is 10.6 Å². The highest BCUT2D eigenvalue weighted by molar-refractivity contribution is 5.89. The standard InChI is InChI=1S/C14H23N3O6/c1-14(2,3)23-13(22)15-7-9(16-8-18)11(19)17-6-4-5-10(17)12(20)21/h8-10H,4-7H2,1-3H3,(H,15,22)(H,16,18)(H,20,21)/t9-,10-/m0/s1. The Hall–Kier alpha value is -2.32. The number of carbonyl (C=O) groups excluding carboxylic acids is 3. The SMILES string of the molecule is CC(C)(C)OC(=O)NC[C@H](NC=O)C(=O)N1CCC[C@H]1C(=O)O. The molecule has 3 amide bonds. The molecule has 0 aliphatic carbocycles. The Morgan fingerprint density at radius 1 is 1.39 bits per heavy atom. The quantitative estimate of drug-likeness (QED) is 0.575. The molecular formula is C14H23N3O6. The van der Waals surface area contributed by atoms with Crippen LogP contribution in [0, 0.1) is 0 Å². The number of nitrogens with one attached hydrogen (secondary N) is 2. The van der Waals surface area contributed by atoms with Crippen molar-refractivity contribution in [2.45, 2.75) is 51.3 Å². The van der Waals surface area contributed by atoms with Crippen molar-refractivity contribution in [1.82, 2.24) is 15.5 Å². The van der Waals surface area contributed by atoms with Crippen LogP contribution in [-0.2, 0) is 19.1 Å². The molecule has 0 aromatic rings. The molecule has 0 aromatic heterocycles. The van der Waals surface area contributed by atoms with E-state index in [1.165, 1.54) is 4.90 Å². The van der Waals surface area contributed by atoms with E-state index in [9.17, 15) is 19.2 Å².